The van der Waals surface area contributed by atoms with Crippen LogP contribution in [-0.2, 0) is 21.2 Å². The number of amides is 1. The maximum Gasteiger partial charge on any atom is 0.235 e. The molecule has 0 aliphatic carbocycles. The molecule has 8 heteroatoms. The van der Waals surface area contributed by atoms with Crippen LogP contribution < -0.4 is 9.62 Å². The first-order chi connectivity index (χ1) is 11.8. The van der Waals surface area contributed by atoms with E-state index in [1.54, 1.807) is 26.0 Å². The van der Waals surface area contributed by atoms with Crippen LogP contribution in [-0.4, -0.2) is 31.8 Å². The highest BCUT2D eigenvalue weighted by Gasteiger charge is 2.28. The second-order valence-electron chi connectivity index (χ2n) is 6.27. The van der Waals surface area contributed by atoms with Gasteiger partial charge in [0.2, 0.25) is 15.9 Å². The Labute approximate surface area is 147 Å². The molecule has 2 heterocycles. The summed E-state index contributed by atoms with van der Waals surface area (Å²) in [5.74, 6) is 0.592. The third-order valence-electron chi connectivity index (χ3n) is 4.40. The summed E-state index contributed by atoms with van der Waals surface area (Å²) in [7, 11) is -3.25. The predicted molar refractivity (Wildman–Crippen MR) is 95.2 cm³/mol. The van der Waals surface area contributed by atoms with E-state index in [1.807, 2.05) is 13.0 Å². The number of aromatic nitrogens is 1. The van der Waals surface area contributed by atoms with Crippen LogP contribution in [0.15, 0.2) is 22.7 Å². The summed E-state index contributed by atoms with van der Waals surface area (Å²) < 4.78 is 30.7. The summed E-state index contributed by atoms with van der Waals surface area (Å²) in [6.07, 6.45) is 0.775. The van der Waals surface area contributed by atoms with Crippen molar-refractivity contribution in [2.45, 2.75) is 33.6 Å². The van der Waals surface area contributed by atoms with Crippen LogP contribution in [0.4, 0.5) is 11.4 Å². The average Bonchev–Trinajstić information content (AvgIpc) is 3.05. The Kier molecular flexibility index (Phi) is 4.55. The average molecular weight is 363 g/mol. The van der Waals surface area contributed by atoms with Gasteiger partial charge in [-0.3, -0.25) is 9.10 Å². The van der Waals surface area contributed by atoms with Crippen molar-refractivity contribution in [3.05, 3.63) is 40.8 Å². The Morgan fingerprint density at radius 2 is 2.08 bits per heavy atom. The lowest BCUT2D eigenvalue weighted by Crippen LogP contribution is -2.25. The van der Waals surface area contributed by atoms with Gasteiger partial charge in [0, 0.05) is 17.8 Å². The van der Waals surface area contributed by atoms with Crippen molar-refractivity contribution >= 4 is 27.3 Å². The van der Waals surface area contributed by atoms with Gasteiger partial charge < -0.3 is 9.84 Å². The summed E-state index contributed by atoms with van der Waals surface area (Å²) >= 11 is 0. The zero-order valence-electron chi connectivity index (χ0n) is 14.5. The van der Waals surface area contributed by atoms with Gasteiger partial charge in [-0.15, -0.1) is 0 Å². The molecule has 2 aromatic rings. The fourth-order valence-corrected chi connectivity index (χ4v) is 4.49. The Bertz CT molecular complexity index is 898. The molecule has 1 aliphatic rings. The molecule has 1 fully saturated rings. The second kappa shape index (κ2) is 6.51. The lowest BCUT2D eigenvalue weighted by molar-refractivity contribution is -0.115. The van der Waals surface area contributed by atoms with Crippen molar-refractivity contribution in [1.29, 1.82) is 0 Å². The Hall–Kier alpha value is -2.35. The number of rotatable bonds is 4. The van der Waals surface area contributed by atoms with Crippen LogP contribution in [0.5, 0.6) is 0 Å². The summed E-state index contributed by atoms with van der Waals surface area (Å²) in [6.45, 7) is 5.90. The fraction of sp³-hybridized carbons (Fsp3) is 0.412. The molecule has 7 nitrogen and oxygen atoms in total. The zero-order chi connectivity index (χ0) is 18.2. The molecule has 0 bridgehead atoms. The van der Waals surface area contributed by atoms with Crippen molar-refractivity contribution in [2.24, 2.45) is 0 Å². The van der Waals surface area contributed by atoms with E-state index in [-0.39, 0.29) is 18.1 Å². The van der Waals surface area contributed by atoms with E-state index in [2.05, 4.69) is 10.5 Å². The van der Waals surface area contributed by atoms with E-state index in [9.17, 15) is 13.2 Å². The number of carbonyl (C=O) groups excluding carboxylic acids is 1. The molecule has 1 aromatic carbocycles. The molecular formula is C17H21N3O4S. The van der Waals surface area contributed by atoms with Crippen LogP contribution in [0, 0.1) is 20.8 Å². The molecular weight excluding hydrogens is 342 g/mol. The standard InChI is InChI=1S/C17H21N3O4S/c1-11-5-6-14(20-7-4-8-25(20,22)23)9-16(11)18-17(21)10-15-12(2)19-24-13(15)3/h5-6,9H,4,7-8,10H2,1-3H3,(H,18,21). The Balaban J connectivity index is 1.80. The van der Waals surface area contributed by atoms with Crippen LogP contribution in [0.2, 0.25) is 0 Å². The Morgan fingerprint density at radius 3 is 2.68 bits per heavy atom. The largest absolute Gasteiger partial charge is 0.361 e. The van der Waals surface area contributed by atoms with Gasteiger partial charge in [0.1, 0.15) is 5.76 Å². The molecule has 25 heavy (non-hydrogen) atoms. The van der Waals surface area contributed by atoms with E-state index >= 15 is 0 Å². The van der Waals surface area contributed by atoms with Crippen LogP contribution in [0.1, 0.15) is 29.0 Å². The summed E-state index contributed by atoms with van der Waals surface area (Å²) in [6, 6.07) is 5.29. The zero-order valence-corrected chi connectivity index (χ0v) is 15.3. The molecule has 1 amide bonds. The normalized spacial score (nSPS) is 16.2. The fourth-order valence-electron chi connectivity index (χ4n) is 2.94. The third kappa shape index (κ3) is 3.53. The minimum atomic E-state index is -3.25. The minimum absolute atomic E-state index is 0.160. The highest BCUT2D eigenvalue weighted by atomic mass is 32.2. The quantitative estimate of drug-likeness (QED) is 0.900. The van der Waals surface area contributed by atoms with Crippen molar-refractivity contribution < 1.29 is 17.7 Å². The summed E-state index contributed by atoms with van der Waals surface area (Å²) in [5.41, 5.74) is 3.52. The number of aryl methyl sites for hydroxylation is 3. The molecule has 0 spiro atoms. The second-order valence-corrected chi connectivity index (χ2v) is 8.28. The number of hydrogen-bond acceptors (Lipinski definition) is 5. The van der Waals surface area contributed by atoms with E-state index in [4.69, 9.17) is 4.52 Å². The number of sulfonamides is 1. The molecule has 0 saturated carbocycles. The maximum absolute atomic E-state index is 12.4. The highest BCUT2D eigenvalue weighted by molar-refractivity contribution is 7.93. The van der Waals surface area contributed by atoms with Crippen molar-refractivity contribution in [1.82, 2.24) is 5.16 Å². The molecule has 1 saturated heterocycles. The summed E-state index contributed by atoms with van der Waals surface area (Å²) in [4.78, 5) is 12.4. The van der Waals surface area contributed by atoms with Gasteiger partial charge in [0.15, 0.2) is 0 Å². The van der Waals surface area contributed by atoms with E-state index < -0.39 is 10.0 Å². The number of benzene rings is 1. The Morgan fingerprint density at radius 1 is 1.32 bits per heavy atom. The molecule has 0 radical (unpaired) electrons. The smallest absolute Gasteiger partial charge is 0.235 e. The molecule has 0 unspecified atom stereocenters. The van der Waals surface area contributed by atoms with Gasteiger partial charge in [-0.2, -0.15) is 0 Å². The lowest BCUT2D eigenvalue weighted by Gasteiger charge is -2.19. The lowest BCUT2D eigenvalue weighted by atomic mass is 10.1. The summed E-state index contributed by atoms with van der Waals surface area (Å²) in [5, 5.41) is 6.71. The van der Waals surface area contributed by atoms with Crippen LogP contribution in [0.3, 0.4) is 0 Å². The molecule has 3 rings (SSSR count). The minimum Gasteiger partial charge on any atom is -0.361 e. The van der Waals surface area contributed by atoms with Gasteiger partial charge >= 0.3 is 0 Å². The third-order valence-corrected chi connectivity index (χ3v) is 6.27. The van der Waals surface area contributed by atoms with Crippen LogP contribution >= 0.6 is 0 Å². The van der Waals surface area contributed by atoms with E-state index in [1.165, 1.54) is 4.31 Å². The first-order valence-electron chi connectivity index (χ1n) is 8.10. The number of anilines is 2. The molecule has 0 atom stereocenters. The molecule has 134 valence electrons. The number of nitrogens with zero attached hydrogens (tertiary/aromatic N) is 2. The van der Waals surface area contributed by atoms with E-state index in [0.717, 1.165) is 11.1 Å². The molecule has 1 aromatic heterocycles. The monoisotopic (exact) mass is 363 g/mol. The number of carbonyl (C=O) groups is 1. The predicted octanol–water partition coefficient (Wildman–Crippen LogP) is 2.32. The first kappa shape index (κ1) is 17.5. The molecule has 1 N–H and O–H groups in total. The first-order valence-corrected chi connectivity index (χ1v) is 9.71. The van der Waals surface area contributed by atoms with Gasteiger partial charge in [0.25, 0.3) is 0 Å². The van der Waals surface area contributed by atoms with Gasteiger partial charge in [-0.05, 0) is 44.9 Å². The SMILES string of the molecule is Cc1ccc(N2CCCS2(=O)=O)cc1NC(=O)Cc1c(C)noc1C. The van der Waals surface area contributed by atoms with Crippen molar-refractivity contribution in [2.75, 3.05) is 21.9 Å². The topological polar surface area (TPSA) is 92.5 Å². The van der Waals surface area contributed by atoms with E-state index in [0.29, 0.717) is 35.8 Å². The number of nitrogens with one attached hydrogen (secondary N) is 1. The van der Waals surface area contributed by atoms with Crippen molar-refractivity contribution in [3.63, 3.8) is 0 Å². The highest BCUT2D eigenvalue weighted by Crippen LogP contribution is 2.28. The maximum atomic E-state index is 12.4. The molecule has 1 aliphatic heterocycles. The number of hydrogen-bond donors (Lipinski definition) is 1. The van der Waals surface area contributed by atoms with Crippen molar-refractivity contribution in [3.8, 4) is 0 Å². The van der Waals surface area contributed by atoms with Gasteiger partial charge in [0.05, 0.1) is 23.6 Å². The van der Waals surface area contributed by atoms with Gasteiger partial charge in [-0.1, -0.05) is 11.2 Å². The van der Waals surface area contributed by atoms with Gasteiger partial charge in [-0.25, -0.2) is 8.42 Å². The van der Waals surface area contributed by atoms with Crippen LogP contribution in [0.25, 0.3) is 0 Å².